The van der Waals surface area contributed by atoms with E-state index in [-0.39, 0.29) is 10.8 Å². The van der Waals surface area contributed by atoms with Crippen molar-refractivity contribution in [2.75, 3.05) is 19.0 Å². The van der Waals surface area contributed by atoms with Crippen molar-refractivity contribution in [3.8, 4) is 16.3 Å². The Morgan fingerprint density at radius 3 is 2.66 bits per heavy atom. The quantitative estimate of drug-likeness (QED) is 0.311. The lowest BCUT2D eigenvalue weighted by molar-refractivity contribution is -0.119. The number of amides is 1. The third-order valence-corrected chi connectivity index (χ3v) is 11.6. The number of para-hydroxylation sites is 1. The van der Waals surface area contributed by atoms with Crippen LogP contribution in [0.1, 0.15) is 36.6 Å². The number of nitrogens with zero attached hydrogens (tertiary/aromatic N) is 2. The van der Waals surface area contributed by atoms with Gasteiger partial charge in [0.15, 0.2) is 0 Å². The zero-order chi connectivity index (χ0) is 26.4. The first kappa shape index (κ1) is 25.5. The maximum atomic E-state index is 13.7. The fourth-order valence-corrected chi connectivity index (χ4v) is 9.59. The molecular weight excluding hydrogens is 539 g/mol. The number of thiophene rings is 1. The average Bonchev–Trinajstić information content (AvgIpc) is 3.65. The fraction of sp³-hybridized carbons (Fsp3) is 0.357. The molecule has 38 heavy (non-hydrogen) atoms. The van der Waals surface area contributed by atoms with Gasteiger partial charge in [0, 0.05) is 17.0 Å². The molecule has 2 aromatic heterocycles. The molecule has 2 atom stereocenters. The van der Waals surface area contributed by atoms with E-state index in [9.17, 15) is 13.2 Å². The van der Waals surface area contributed by atoms with Gasteiger partial charge >= 0.3 is 0 Å². The van der Waals surface area contributed by atoms with Crippen LogP contribution < -0.4 is 10.1 Å². The van der Waals surface area contributed by atoms with Crippen LogP contribution in [-0.2, 0) is 27.7 Å². The van der Waals surface area contributed by atoms with Crippen molar-refractivity contribution in [1.82, 2.24) is 9.29 Å². The van der Waals surface area contributed by atoms with Gasteiger partial charge in [-0.1, -0.05) is 19.1 Å². The minimum Gasteiger partial charge on any atom is -0.497 e. The van der Waals surface area contributed by atoms with Crippen LogP contribution in [0.2, 0.25) is 0 Å². The predicted molar refractivity (Wildman–Crippen MR) is 153 cm³/mol. The van der Waals surface area contributed by atoms with E-state index in [2.05, 4.69) is 18.3 Å². The van der Waals surface area contributed by atoms with Gasteiger partial charge in [-0.25, -0.2) is 13.4 Å². The van der Waals surface area contributed by atoms with Crippen LogP contribution in [0.5, 0.6) is 5.75 Å². The van der Waals surface area contributed by atoms with Crippen molar-refractivity contribution >= 4 is 53.8 Å². The molecule has 0 saturated carbocycles. The second-order valence-corrected chi connectivity index (χ2v) is 14.0. The first-order valence-corrected chi connectivity index (χ1v) is 15.9. The van der Waals surface area contributed by atoms with E-state index in [1.807, 2.05) is 18.2 Å². The monoisotopic (exact) mass is 567 g/mol. The highest BCUT2D eigenvalue weighted by molar-refractivity contribution is 7.89. The largest absolute Gasteiger partial charge is 0.497 e. The summed E-state index contributed by atoms with van der Waals surface area (Å²) in [6.45, 7) is 2.58. The first-order valence-electron chi connectivity index (χ1n) is 12.8. The van der Waals surface area contributed by atoms with Crippen LogP contribution in [-0.4, -0.2) is 43.3 Å². The van der Waals surface area contributed by atoms with Crippen LogP contribution >= 0.6 is 22.7 Å². The molecule has 4 aromatic rings. The van der Waals surface area contributed by atoms with E-state index in [1.54, 1.807) is 34.8 Å². The zero-order valence-corrected chi connectivity index (χ0v) is 23.7. The molecule has 0 radical (unpaired) electrons. The molecule has 0 bridgehead atoms. The summed E-state index contributed by atoms with van der Waals surface area (Å²) in [5.41, 5.74) is 3.23. The molecule has 1 fully saturated rings. The van der Waals surface area contributed by atoms with E-state index in [0.29, 0.717) is 31.1 Å². The van der Waals surface area contributed by atoms with Gasteiger partial charge in [-0.2, -0.15) is 4.31 Å². The summed E-state index contributed by atoms with van der Waals surface area (Å²) in [5, 5.41) is 4.84. The van der Waals surface area contributed by atoms with Crippen molar-refractivity contribution < 1.29 is 17.9 Å². The number of hydrogen-bond acceptors (Lipinski definition) is 7. The van der Waals surface area contributed by atoms with E-state index in [1.165, 1.54) is 34.0 Å². The summed E-state index contributed by atoms with van der Waals surface area (Å²) in [5.74, 6) is 0.888. The normalized spacial score (nSPS) is 19.9. The molecule has 198 valence electrons. The lowest BCUT2D eigenvalue weighted by atomic mass is 9.88. The number of thiazole rings is 1. The number of carbonyl (C=O) groups excluding carboxylic acids is 1. The van der Waals surface area contributed by atoms with E-state index in [4.69, 9.17) is 9.72 Å². The Labute approximate surface area is 230 Å². The lowest BCUT2D eigenvalue weighted by Gasteiger charge is -2.23. The molecule has 2 aromatic carbocycles. The Morgan fingerprint density at radius 2 is 1.89 bits per heavy atom. The molecule has 2 aliphatic rings. The van der Waals surface area contributed by atoms with E-state index < -0.39 is 16.1 Å². The van der Waals surface area contributed by atoms with Crippen molar-refractivity contribution in [2.45, 2.75) is 50.0 Å². The molecule has 1 aliphatic carbocycles. The SMILES string of the molecule is COc1ccc(S(=O)(=O)N2CCCC2C(=O)Nc2sc3c(c2-c2nc4ccccc4s2)CCC(C)C3)cc1. The third-order valence-electron chi connectivity index (χ3n) is 7.43. The molecule has 2 unspecified atom stereocenters. The molecule has 1 N–H and O–H groups in total. The second-order valence-electron chi connectivity index (χ2n) is 9.98. The van der Waals surface area contributed by atoms with Crippen LogP contribution in [0.15, 0.2) is 53.4 Å². The van der Waals surface area contributed by atoms with E-state index >= 15 is 0 Å². The summed E-state index contributed by atoms with van der Waals surface area (Å²) in [6, 6.07) is 13.6. The molecule has 1 saturated heterocycles. The number of anilines is 1. The van der Waals surface area contributed by atoms with Gasteiger partial charge in [0.2, 0.25) is 15.9 Å². The molecule has 0 spiro atoms. The molecule has 1 amide bonds. The molecule has 10 heteroatoms. The first-order chi connectivity index (χ1) is 18.3. The number of ether oxygens (including phenoxy) is 1. The summed E-state index contributed by atoms with van der Waals surface area (Å²) in [6.07, 6.45) is 4.16. The zero-order valence-electron chi connectivity index (χ0n) is 21.3. The van der Waals surface area contributed by atoms with Crippen molar-refractivity contribution in [2.24, 2.45) is 5.92 Å². The molecule has 7 nitrogen and oxygen atoms in total. The fourth-order valence-electron chi connectivity index (χ4n) is 5.41. The Hall–Kier alpha value is -2.79. The summed E-state index contributed by atoms with van der Waals surface area (Å²) < 4.78 is 34.6. The highest BCUT2D eigenvalue weighted by atomic mass is 32.2. The van der Waals surface area contributed by atoms with E-state index in [0.717, 1.165) is 45.1 Å². The number of hydrogen-bond donors (Lipinski definition) is 1. The maximum Gasteiger partial charge on any atom is 0.243 e. The molecule has 3 heterocycles. The molecular formula is C28H29N3O4S3. The maximum absolute atomic E-state index is 13.7. The summed E-state index contributed by atoms with van der Waals surface area (Å²) in [4.78, 5) is 20.1. The standard InChI is InChI=1S/C28H29N3O4S3/c1-17-9-14-20-24(16-17)37-28(25(20)27-29-21-6-3-4-8-23(21)36-27)30-26(32)22-7-5-15-31(22)38(33,34)19-12-10-18(35-2)11-13-19/h3-4,6,8,10-13,17,22H,5,7,9,14-16H2,1-2H3,(H,30,32). The highest BCUT2D eigenvalue weighted by Gasteiger charge is 2.40. The second kappa shape index (κ2) is 10.1. The van der Waals surface area contributed by atoms with Gasteiger partial charge in [-0.15, -0.1) is 22.7 Å². The lowest BCUT2D eigenvalue weighted by Crippen LogP contribution is -2.43. The molecule has 1 aliphatic heterocycles. The van der Waals surface area contributed by atoms with Gasteiger partial charge in [0.1, 0.15) is 21.8 Å². The summed E-state index contributed by atoms with van der Waals surface area (Å²) in [7, 11) is -2.29. The number of benzene rings is 2. The Morgan fingerprint density at radius 1 is 1.11 bits per heavy atom. The number of rotatable bonds is 6. The number of methoxy groups -OCH3 is 1. The van der Waals surface area contributed by atoms with Crippen molar-refractivity contribution in [3.63, 3.8) is 0 Å². The number of aromatic nitrogens is 1. The number of fused-ring (bicyclic) bond motifs is 2. The van der Waals surface area contributed by atoms with Gasteiger partial charge in [0.25, 0.3) is 0 Å². The topological polar surface area (TPSA) is 88.6 Å². The number of carbonyl (C=O) groups is 1. The Bertz CT molecular complexity index is 1580. The van der Waals surface area contributed by atoms with Crippen LogP contribution in [0.3, 0.4) is 0 Å². The van der Waals surface area contributed by atoms with Crippen LogP contribution in [0.4, 0.5) is 5.00 Å². The minimum atomic E-state index is -3.83. The van der Waals surface area contributed by atoms with Crippen LogP contribution in [0.25, 0.3) is 20.8 Å². The number of nitrogens with one attached hydrogen (secondary N) is 1. The summed E-state index contributed by atoms with van der Waals surface area (Å²) >= 11 is 3.25. The Balaban J connectivity index is 1.33. The average molecular weight is 568 g/mol. The van der Waals surface area contributed by atoms with Crippen LogP contribution in [0, 0.1) is 5.92 Å². The van der Waals surface area contributed by atoms with Gasteiger partial charge in [0.05, 0.1) is 22.2 Å². The molecule has 6 rings (SSSR count). The van der Waals surface area contributed by atoms with Gasteiger partial charge in [-0.3, -0.25) is 4.79 Å². The predicted octanol–water partition coefficient (Wildman–Crippen LogP) is 5.95. The van der Waals surface area contributed by atoms with Gasteiger partial charge in [-0.05, 0) is 80.0 Å². The third kappa shape index (κ3) is 4.53. The minimum absolute atomic E-state index is 0.161. The smallest absolute Gasteiger partial charge is 0.243 e. The Kier molecular flexibility index (Phi) is 6.75. The number of sulfonamides is 1. The van der Waals surface area contributed by atoms with Crippen molar-refractivity contribution in [3.05, 3.63) is 59.0 Å². The highest BCUT2D eigenvalue weighted by Crippen LogP contribution is 2.47. The van der Waals surface area contributed by atoms with Crippen molar-refractivity contribution in [1.29, 1.82) is 0 Å². The van der Waals surface area contributed by atoms with Gasteiger partial charge < -0.3 is 10.1 Å².